The van der Waals surface area contributed by atoms with Crippen LogP contribution in [0.15, 0.2) is 54.6 Å². The summed E-state index contributed by atoms with van der Waals surface area (Å²) in [5, 5.41) is 4.28. The summed E-state index contributed by atoms with van der Waals surface area (Å²) in [6.45, 7) is 7.04. The van der Waals surface area contributed by atoms with Gasteiger partial charge in [-0.05, 0) is 61.5 Å². The summed E-state index contributed by atoms with van der Waals surface area (Å²) >= 11 is 0. The van der Waals surface area contributed by atoms with E-state index in [2.05, 4.69) is 76.3 Å². The molecule has 0 spiro atoms. The molecule has 3 aromatic rings. The summed E-state index contributed by atoms with van der Waals surface area (Å²) < 4.78 is 7.48. The van der Waals surface area contributed by atoms with Crippen molar-refractivity contribution in [2.45, 2.75) is 32.9 Å². The molecule has 4 rings (SSSR count). The molecule has 2 aromatic carbocycles. The van der Waals surface area contributed by atoms with Gasteiger partial charge in [-0.3, -0.25) is 9.69 Å². The highest BCUT2D eigenvalue weighted by molar-refractivity contribution is 5.81. The van der Waals surface area contributed by atoms with E-state index in [0.717, 1.165) is 39.0 Å². The molecule has 1 aliphatic rings. The van der Waals surface area contributed by atoms with Crippen molar-refractivity contribution in [1.29, 1.82) is 0 Å². The summed E-state index contributed by atoms with van der Waals surface area (Å²) in [6, 6.07) is 19.6. The molecule has 0 unspecified atom stereocenters. The number of carbonyl (C=O) groups is 1. The summed E-state index contributed by atoms with van der Waals surface area (Å²) in [5.41, 5.74) is 5.31. The first kappa shape index (κ1) is 21.6. The van der Waals surface area contributed by atoms with Gasteiger partial charge in [0.2, 0.25) is 5.91 Å². The Morgan fingerprint density at radius 3 is 2.58 bits per heavy atom. The van der Waals surface area contributed by atoms with Crippen LogP contribution in [0.25, 0.3) is 10.9 Å². The highest BCUT2D eigenvalue weighted by Gasteiger charge is 2.25. The van der Waals surface area contributed by atoms with Crippen molar-refractivity contribution >= 4 is 16.8 Å². The van der Waals surface area contributed by atoms with Gasteiger partial charge in [0.1, 0.15) is 0 Å². The molecule has 1 aromatic heterocycles. The van der Waals surface area contributed by atoms with Crippen LogP contribution in [0.1, 0.15) is 29.7 Å². The maximum Gasteiger partial charge on any atom is 0.223 e. The molecular weight excluding hydrogens is 386 g/mol. The quantitative estimate of drug-likeness (QED) is 0.562. The molecule has 31 heavy (non-hydrogen) atoms. The molecule has 0 aliphatic carbocycles. The van der Waals surface area contributed by atoms with E-state index in [1.54, 1.807) is 7.11 Å². The molecule has 2 heterocycles. The summed E-state index contributed by atoms with van der Waals surface area (Å²) in [7, 11) is 1.66. The van der Waals surface area contributed by atoms with Crippen molar-refractivity contribution in [3.63, 3.8) is 0 Å². The van der Waals surface area contributed by atoms with E-state index in [1.807, 2.05) is 0 Å². The zero-order valence-corrected chi connectivity index (χ0v) is 18.6. The SMILES string of the molecule is COCCNC(=O)C1CCN(Cc2cc3ccccc3n2Cc2ccccc2C)CC1. The van der Waals surface area contributed by atoms with Crippen LogP contribution in [0.5, 0.6) is 0 Å². The van der Waals surface area contributed by atoms with Gasteiger partial charge < -0.3 is 14.6 Å². The zero-order valence-electron chi connectivity index (χ0n) is 18.6. The van der Waals surface area contributed by atoms with Gasteiger partial charge in [0.25, 0.3) is 0 Å². The highest BCUT2D eigenvalue weighted by atomic mass is 16.5. The molecule has 5 nitrogen and oxygen atoms in total. The molecule has 1 N–H and O–H groups in total. The minimum atomic E-state index is 0.117. The van der Waals surface area contributed by atoms with Crippen LogP contribution in [0.2, 0.25) is 0 Å². The number of nitrogens with one attached hydrogen (secondary N) is 1. The zero-order chi connectivity index (χ0) is 21.6. The fourth-order valence-electron chi connectivity index (χ4n) is 4.55. The number of hydrogen-bond donors (Lipinski definition) is 1. The first-order valence-corrected chi connectivity index (χ1v) is 11.3. The molecule has 1 saturated heterocycles. The van der Waals surface area contributed by atoms with E-state index < -0.39 is 0 Å². The van der Waals surface area contributed by atoms with Crippen LogP contribution in [0.4, 0.5) is 0 Å². The molecular formula is C26H33N3O2. The van der Waals surface area contributed by atoms with Crippen molar-refractivity contribution < 1.29 is 9.53 Å². The van der Waals surface area contributed by atoms with Gasteiger partial charge in [-0.25, -0.2) is 0 Å². The number of para-hydroxylation sites is 1. The molecule has 1 amide bonds. The van der Waals surface area contributed by atoms with Crippen LogP contribution in [0.3, 0.4) is 0 Å². The van der Waals surface area contributed by atoms with Crippen LogP contribution >= 0.6 is 0 Å². The van der Waals surface area contributed by atoms with E-state index >= 15 is 0 Å². The number of amides is 1. The molecule has 0 saturated carbocycles. The van der Waals surface area contributed by atoms with Gasteiger partial charge in [-0.15, -0.1) is 0 Å². The Hall–Kier alpha value is -2.63. The molecule has 164 valence electrons. The highest BCUT2D eigenvalue weighted by Crippen LogP contribution is 2.25. The second-order valence-corrected chi connectivity index (χ2v) is 8.54. The third-order valence-electron chi connectivity index (χ3n) is 6.44. The second-order valence-electron chi connectivity index (χ2n) is 8.54. The van der Waals surface area contributed by atoms with Crippen molar-refractivity contribution in [3.05, 3.63) is 71.4 Å². The average molecular weight is 420 g/mol. The Morgan fingerprint density at radius 1 is 1.06 bits per heavy atom. The maximum absolute atomic E-state index is 12.4. The Morgan fingerprint density at radius 2 is 1.81 bits per heavy atom. The Bertz CT molecular complexity index is 1020. The first-order chi connectivity index (χ1) is 15.2. The minimum Gasteiger partial charge on any atom is -0.383 e. The lowest BCUT2D eigenvalue weighted by atomic mass is 9.96. The number of piperidine rings is 1. The average Bonchev–Trinajstić information content (AvgIpc) is 3.13. The van der Waals surface area contributed by atoms with Gasteiger partial charge in [0.15, 0.2) is 0 Å². The molecule has 1 fully saturated rings. The fourth-order valence-corrected chi connectivity index (χ4v) is 4.55. The molecule has 1 aliphatic heterocycles. The van der Waals surface area contributed by atoms with Gasteiger partial charge in [-0.2, -0.15) is 0 Å². The molecule has 0 radical (unpaired) electrons. The lowest BCUT2D eigenvalue weighted by molar-refractivity contribution is -0.126. The number of ether oxygens (including phenoxy) is 1. The second kappa shape index (κ2) is 10.1. The lowest BCUT2D eigenvalue weighted by Gasteiger charge is -2.31. The number of aromatic nitrogens is 1. The van der Waals surface area contributed by atoms with E-state index in [9.17, 15) is 4.79 Å². The third-order valence-corrected chi connectivity index (χ3v) is 6.44. The first-order valence-electron chi connectivity index (χ1n) is 11.3. The van der Waals surface area contributed by atoms with E-state index in [4.69, 9.17) is 4.74 Å². The van der Waals surface area contributed by atoms with Crippen LogP contribution in [-0.2, 0) is 22.6 Å². The fraction of sp³-hybridized carbons (Fsp3) is 0.423. The number of hydrogen-bond acceptors (Lipinski definition) is 3. The number of likely N-dealkylation sites (tertiary alicyclic amines) is 1. The van der Waals surface area contributed by atoms with Gasteiger partial charge in [-0.1, -0.05) is 42.5 Å². The van der Waals surface area contributed by atoms with E-state index in [0.29, 0.717) is 13.2 Å². The maximum atomic E-state index is 12.4. The predicted octanol–water partition coefficient (Wildman–Crippen LogP) is 3.97. The van der Waals surface area contributed by atoms with Crippen LogP contribution in [0, 0.1) is 12.8 Å². The van der Waals surface area contributed by atoms with Crippen molar-refractivity contribution in [3.8, 4) is 0 Å². The van der Waals surface area contributed by atoms with Crippen LogP contribution in [-0.4, -0.2) is 48.7 Å². The normalized spacial score (nSPS) is 15.4. The Labute approximate surface area is 185 Å². The number of methoxy groups -OCH3 is 1. The van der Waals surface area contributed by atoms with E-state index in [1.165, 1.54) is 27.7 Å². The molecule has 0 atom stereocenters. The predicted molar refractivity (Wildman–Crippen MR) is 125 cm³/mol. The largest absolute Gasteiger partial charge is 0.383 e. The summed E-state index contributed by atoms with van der Waals surface area (Å²) in [6.07, 6.45) is 1.83. The number of fused-ring (bicyclic) bond motifs is 1. The smallest absolute Gasteiger partial charge is 0.223 e. The van der Waals surface area contributed by atoms with Gasteiger partial charge in [0, 0.05) is 43.9 Å². The number of rotatable bonds is 8. The number of aryl methyl sites for hydroxylation is 1. The third kappa shape index (κ3) is 5.17. The minimum absolute atomic E-state index is 0.117. The molecule has 5 heteroatoms. The monoisotopic (exact) mass is 419 g/mol. The standard InChI is InChI=1S/C26H33N3O2/c1-20-7-3-4-9-23(20)18-29-24(17-22-8-5-6-10-25(22)29)19-28-14-11-21(12-15-28)26(30)27-13-16-31-2/h3-10,17,21H,11-16,18-19H2,1-2H3,(H,27,30). The number of carbonyl (C=O) groups excluding carboxylic acids is 1. The van der Waals surface area contributed by atoms with E-state index in [-0.39, 0.29) is 11.8 Å². The topological polar surface area (TPSA) is 46.5 Å². The van der Waals surface area contributed by atoms with Crippen LogP contribution < -0.4 is 5.32 Å². The summed E-state index contributed by atoms with van der Waals surface area (Å²) in [5.74, 6) is 0.288. The van der Waals surface area contributed by atoms with Crippen molar-refractivity contribution in [2.24, 2.45) is 5.92 Å². The lowest BCUT2D eigenvalue weighted by Crippen LogP contribution is -2.41. The molecule has 0 bridgehead atoms. The number of benzene rings is 2. The van der Waals surface area contributed by atoms with Crippen molar-refractivity contribution in [2.75, 3.05) is 33.4 Å². The van der Waals surface area contributed by atoms with Crippen molar-refractivity contribution in [1.82, 2.24) is 14.8 Å². The number of nitrogens with zero attached hydrogens (tertiary/aromatic N) is 2. The van der Waals surface area contributed by atoms with Gasteiger partial charge in [0.05, 0.1) is 6.61 Å². The van der Waals surface area contributed by atoms with Gasteiger partial charge >= 0.3 is 0 Å². The Kier molecular flexibility index (Phi) is 7.05. The summed E-state index contributed by atoms with van der Waals surface area (Å²) in [4.78, 5) is 14.8. The Balaban J connectivity index is 1.45.